The molecule has 14 heavy (non-hydrogen) atoms. The summed E-state index contributed by atoms with van der Waals surface area (Å²) >= 11 is 0. The minimum atomic E-state index is 0.587. The summed E-state index contributed by atoms with van der Waals surface area (Å²) in [7, 11) is 2.06. The van der Waals surface area contributed by atoms with Crippen molar-refractivity contribution in [1.29, 1.82) is 0 Å². The number of benzene rings is 1. The van der Waals surface area contributed by atoms with E-state index in [9.17, 15) is 0 Å². The van der Waals surface area contributed by atoms with E-state index in [4.69, 9.17) is 5.73 Å². The molecule has 1 aromatic carbocycles. The van der Waals surface area contributed by atoms with Gasteiger partial charge >= 0.3 is 0 Å². The molecule has 0 fully saturated rings. The Morgan fingerprint density at radius 2 is 2.14 bits per heavy atom. The first kappa shape index (κ1) is 9.03. The van der Waals surface area contributed by atoms with Gasteiger partial charge in [-0.3, -0.25) is 0 Å². The second-order valence-corrected chi connectivity index (χ2v) is 3.35. The van der Waals surface area contributed by atoms with Crippen molar-refractivity contribution in [2.75, 3.05) is 6.54 Å². The highest BCUT2D eigenvalue weighted by Gasteiger charge is 2.01. The molecule has 2 nitrogen and oxygen atoms in total. The van der Waals surface area contributed by atoms with Crippen molar-refractivity contribution < 1.29 is 0 Å². The predicted octanol–water partition coefficient (Wildman–Crippen LogP) is 2.15. The van der Waals surface area contributed by atoms with Gasteiger partial charge in [-0.1, -0.05) is 30.4 Å². The zero-order chi connectivity index (χ0) is 9.97. The molecule has 0 bridgehead atoms. The monoisotopic (exact) mass is 186 g/mol. The Kier molecular flexibility index (Phi) is 2.37. The van der Waals surface area contributed by atoms with Gasteiger partial charge in [0.2, 0.25) is 0 Å². The van der Waals surface area contributed by atoms with E-state index in [1.807, 2.05) is 6.08 Å². The summed E-state index contributed by atoms with van der Waals surface area (Å²) in [5.41, 5.74) is 7.92. The van der Waals surface area contributed by atoms with E-state index in [2.05, 4.69) is 48.2 Å². The van der Waals surface area contributed by atoms with Crippen LogP contribution >= 0.6 is 0 Å². The number of aryl methyl sites for hydroxylation is 1. The molecule has 0 amide bonds. The Balaban J connectivity index is 2.61. The van der Waals surface area contributed by atoms with Crippen molar-refractivity contribution in [2.24, 2.45) is 12.8 Å². The van der Waals surface area contributed by atoms with Crippen LogP contribution in [0.15, 0.2) is 36.5 Å². The fourth-order valence-corrected chi connectivity index (χ4v) is 1.70. The SMILES string of the molecule is Cn1cc(C=CCN)c2ccccc21. The van der Waals surface area contributed by atoms with Crippen LogP contribution in [0.4, 0.5) is 0 Å². The summed E-state index contributed by atoms with van der Waals surface area (Å²) in [6.07, 6.45) is 6.17. The first-order chi connectivity index (χ1) is 6.83. The normalized spacial score (nSPS) is 11.6. The smallest absolute Gasteiger partial charge is 0.0483 e. The summed E-state index contributed by atoms with van der Waals surface area (Å²) in [6.45, 7) is 0.587. The minimum Gasteiger partial charge on any atom is -0.350 e. The number of nitrogens with zero attached hydrogens (tertiary/aromatic N) is 1. The molecule has 2 N–H and O–H groups in total. The van der Waals surface area contributed by atoms with Crippen molar-refractivity contribution in [3.63, 3.8) is 0 Å². The molecular formula is C12H14N2. The van der Waals surface area contributed by atoms with Crippen molar-refractivity contribution in [1.82, 2.24) is 4.57 Å². The molecule has 2 rings (SSSR count). The lowest BCUT2D eigenvalue weighted by molar-refractivity contribution is 0.968. The molecule has 0 saturated heterocycles. The summed E-state index contributed by atoms with van der Waals surface area (Å²) < 4.78 is 2.13. The average Bonchev–Trinajstić information content (AvgIpc) is 2.54. The van der Waals surface area contributed by atoms with Crippen molar-refractivity contribution in [3.8, 4) is 0 Å². The second kappa shape index (κ2) is 3.68. The highest BCUT2D eigenvalue weighted by molar-refractivity contribution is 5.89. The maximum absolute atomic E-state index is 5.43. The quantitative estimate of drug-likeness (QED) is 0.765. The van der Waals surface area contributed by atoms with Gasteiger partial charge in [0.25, 0.3) is 0 Å². The van der Waals surface area contributed by atoms with Crippen molar-refractivity contribution in [2.45, 2.75) is 0 Å². The lowest BCUT2D eigenvalue weighted by Gasteiger charge is -1.92. The van der Waals surface area contributed by atoms with E-state index in [1.165, 1.54) is 16.5 Å². The summed E-state index contributed by atoms with van der Waals surface area (Å²) in [6, 6.07) is 8.36. The van der Waals surface area contributed by atoms with Gasteiger partial charge in [0.05, 0.1) is 0 Å². The Morgan fingerprint density at radius 1 is 1.36 bits per heavy atom. The molecule has 1 aromatic heterocycles. The van der Waals surface area contributed by atoms with E-state index in [0.717, 1.165) is 0 Å². The van der Waals surface area contributed by atoms with Crippen LogP contribution in [0.5, 0.6) is 0 Å². The third kappa shape index (κ3) is 1.44. The lowest BCUT2D eigenvalue weighted by atomic mass is 10.1. The van der Waals surface area contributed by atoms with Gasteiger partial charge in [-0.2, -0.15) is 0 Å². The van der Waals surface area contributed by atoms with E-state index in [0.29, 0.717) is 6.54 Å². The third-order valence-electron chi connectivity index (χ3n) is 2.36. The van der Waals surface area contributed by atoms with Gasteiger partial charge < -0.3 is 10.3 Å². The topological polar surface area (TPSA) is 30.9 Å². The van der Waals surface area contributed by atoms with Gasteiger partial charge in [-0.05, 0) is 11.6 Å². The zero-order valence-corrected chi connectivity index (χ0v) is 8.27. The van der Waals surface area contributed by atoms with E-state index in [-0.39, 0.29) is 0 Å². The van der Waals surface area contributed by atoms with Crippen LogP contribution in [0.3, 0.4) is 0 Å². The molecule has 0 saturated carbocycles. The Morgan fingerprint density at radius 3 is 2.93 bits per heavy atom. The first-order valence-electron chi connectivity index (χ1n) is 4.73. The molecule has 1 heterocycles. The molecule has 0 spiro atoms. The molecule has 0 aliphatic rings. The summed E-state index contributed by atoms with van der Waals surface area (Å²) in [5.74, 6) is 0. The number of nitrogens with two attached hydrogens (primary N) is 1. The maximum atomic E-state index is 5.43. The number of para-hydroxylation sites is 1. The second-order valence-electron chi connectivity index (χ2n) is 3.35. The molecule has 72 valence electrons. The van der Waals surface area contributed by atoms with Crippen LogP contribution < -0.4 is 5.73 Å². The molecule has 0 radical (unpaired) electrons. The van der Waals surface area contributed by atoms with Gasteiger partial charge in [0, 0.05) is 30.7 Å². The van der Waals surface area contributed by atoms with Crippen LogP contribution in [-0.4, -0.2) is 11.1 Å². The van der Waals surface area contributed by atoms with E-state index in [1.54, 1.807) is 0 Å². The molecule has 0 atom stereocenters. The first-order valence-corrected chi connectivity index (χ1v) is 4.73. The van der Waals surface area contributed by atoms with E-state index < -0.39 is 0 Å². The molecule has 0 aliphatic heterocycles. The number of hydrogen-bond donors (Lipinski definition) is 1. The summed E-state index contributed by atoms with van der Waals surface area (Å²) in [5, 5.41) is 1.28. The maximum Gasteiger partial charge on any atom is 0.0483 e. The van der Waals surface area contributed by atoms with Crippen molar-refractivity contribution in [3.05, 3.63) is 42.1 Å². The Labute approximate surface area is 83.6 Å². The number of fused-ring (bicyclic) bond motifs is 1. The number of aromatic nitrogens is 1. The summed E-state index contributed by atoms with van der Waals surface area (Å²) in [4.78, 5) is 0. The minimum absolute atomic E-state index is 0.587. The average molecular weight is 186 g/mol. The number of hydrogen-bond acceptors (Lipinski definition) is 1. The molecule has 2 aromatic rings. The molecule has 0 unspecified atom stereocenters. The standard InChI is InChI=1S/C12H14N2/c1-14-9-10(5-4-8-13)11-6-2-3-7-12(11)14/h2-7,9H,8,13H2,1H3. The van der Waals surface area contributed by atoms with Gasteiger partial charge in [-0.15, -0.1) is 0 Å². The Hall–Kier alpha value is -1.54. The fraction of sp³-hybridized carbons (Fsp3) is 0.167. The van der Waals surface area contributed by atoms with Crippen LogP contribution in [0.1, 0.15) is 5.56 Å². The predicted molar refractivity (Wildman–Crippen MR) is 61.0 cm³/mol. The highest BCUT2D eigenvalue weighted by atomic mass is 14.9. The molecule has 2 heteroatoms. The number of rotatable bonds is 2. The zero-order valence-electron chi connectivity index (χ0n) is 8.27. The van der Waals surface area contributed by atoms with E-state index >= 15 is 0 Å². The third-order valence-corrected chi connectivity index (χ3v) is 2.36. The van der Waals surface area contributed by atoms with Crippen LogP contribution in [0, 0.1) is 0 Å². The largest absolute Gasteiger partial charge is 0.350 e. The van der Waals surface area contributed by atoms with Crippen LogP contribution in [-0.2, 0) is 7.05 Å². The molecular weight excluding hydrogens is 172 g/mol. The fourth-order valence-electron chi connectivity index (χ4n) is 1.70. The highest BCUT2D eigenvalue weighted by Crippen LogP contribution is 2.20. The van der Waals surface area contributed by atoms with Crippen LogP contribution in [0.2, 0.25) is 0 Å². The van der Waals surface area contributed by atoms with Gasteiger partial charge in [-0.25, -0.2) is 0 Å². The lowest BCUT2D eigenvalue weighted by Crippen LogP contribution is -1.91. The Bertz CT molecular complexity index is 466. The van der Waals surface area contributed by atoms with Crippen molar-refractivity contribution >= 4 is 17.0 Å². The van der Waals surface area contributed by atoms with Gasteiger partial charge in [0.15, 0.2) is 0 Å². The van der Waals surface area contributed by atoms with Crippen LogP contribution in [0.25, 0.3) is 17.0 Å². The van der Waals surface area contributed by atoms with Gasteiger partial charge in [0.1, 0.15) is 0 Å². The molecule has 0 aliphatic carbocycles.